The standard InChI is InChI=1S/C14H19ClN2O3/c1-10(9-15)4-3-7-16-14(18)13-8-12(17(19)20)6-5-11(13)2/h5-6,8,10H,3-4,7,9H2,1-2H3,(H,16,18). The quantitative estimate of drug-likeness (QED) is 0.363. The van der Waals surface area contributed by atoms with Gasteiger partial charge in [0.05, 0.1) is 4.92 Å². The fourth-order valence-electron chi connectivity index (χ4n) is 1.79. The van der Waals surface area contributed by atoms with Crippen molar-refractivity contribution in [1.29, 1.82) is 0 Å². The van der Waals surface area contributed by atoms with E-state index >= 15 is 0 Å². The molecule has 0 radical (unpaired) electrons. The number of nitrogens with zero attached hydrogens (tertiary/aromatic N) is 1. The molecule has 0 aliphatic heterocycles. The zero-order valence-electron chi connectivity index (χ0n) is 11.7. The average molecular weight is 299 g/mol. The summed E-state index contributed by atoms with van der Waals surface area (Å²) >= 11 is 5.71. The molecule has 1 aromatic rings. The van der Waals surface area contributed by atoms with Crippen molar-refractivity contribution >= 4 is 23.2 Å². The van der Waals surface area contributed by atoms with E-state index in [1.54, 1.807) is 13.0 Å². The summed E-state index contributed by atoms with van der Waals surface area (Å²) in [5, 5.41) is 13.5. The number of carbonyl (C=O) groups is 1. The van der Waals surface area contributed by atoms with Gasteiger partial charge >= 0.3 is 0 Å². The van der Waals surface area contributed by atoms with Gasteiger partial charge in [0.2, 0.25) is 0 Å². The smallest absolute Gasteiger partial charge is 0.270 e. The minimum absolute atomic E-state index is 0.0727. The number of halogens is 1. The number of alkyl halides is 1. The highest BCUT2D eigenvalue weighted by molar-refractivity contribution is 6.18. The van der Waals surface area contributed by atoms with Crippen molar-refractivity contribution in [3.05, 3.63) is 39.4 Å². The van der Waals surface area contributed by atoms with Crippen LogP contribution in [0.2, 0.25) is 0 Å². The molecule has 1 unspecified atom stereocenters. The Morgan fingerprint density at radius 2 is 2.20 bits per heavy atom. The Bertz CT molecular complexity index is 491. The summed E-state index contributed by atoms with van der Waals surface area (Å²) in [5.74, 6) is 0.760. The van der Waals surface area contributed by atoms with Crippen LogP contribution in [0.4, 0.5) is 5.69 Å². The predicted molar refractivity (Wildman–Crippen MR) is 79.3 cm³/mol. The van der Waals surface area contributed by atoms with Crippen LogP contribution in [-0.2, 0) is 0 Å². The molecule has 5 nitrogen and oxygen atoms in total. The van der Waals surface area contributed by atoms with Gasteiger partial charge in [0.1, 0.15) is 0 Å². The van der Waals surface area contributed by atoms with E-state index in [4.69, 9.17) is 11.6 Å². The number of rotatable bonds is 7. The first kappa shape index (κ1) is 16.4. The summed E-state index contributed by atoms with van der Waals surface area (Å²) in [7, 11) is 0. The van der Waals surface area contributed by atoms with Gasteiger partial charge in [-0.3, -0.25) is 14.9 Å². The summed E-state index contributed by atoms with van der Waals surface area (Å²) in [4.78, 5) is 22.2. The zero-order valence-corrected chi connectivity index (χ0v) is 12.4. The van der Waals surface area contributed by atoms with E-state index in [1.165, 1.54) is 12.1 Å². The maximum Gasteiger partial charge on any atom is 0.270 e. The molecule has 110 valence electrons. The first-order chi connectivity index (χ1) is 9.45. The molecule has 0 spiro atoms. The summed E-state index contributed by atoms with van der Waals surface area (Å²) in [6.07, 6.45) is 1.78. The van der Waals surface area contributed by atoms with Crippen LogP contribution in [0.5, 0.6) is 0 Å². The van der Waals surface area contributed by atoms with Gasteiger partial charge in [-0.2, -0.15) is 0 Å². The lowest BCUT2D eigenvalue weighted by atomic mass is 10.1. The van der Waals surface area contributed by atoms with E-state index in [2.05, 4.69) is 12.2 Å². The first-order valence-electron chi connectivity index (χ1n) is 6.55. The summed E-state index contributed by atoms with van der Waals surface area (Å²) < 4.78 is 0. The minimum Gasteiger partial charge on any atom is -0.352 e. The molecule has 20 heavy (non-hydrogen) atoms. The van der Waals surface area contributed by atoms with Crippen LogP contribution in [0, 0.1) is 23.0 Å². The van der Waals surface area contributed by atoms with Gasteiger partial charge in [-0.15, -0.1) is 11.6 Å². The number of hydrogen-bond donors (Lipinski definition) is 1. The fraction of sp³-hybridized carbons (Fsp3) is 0.500. The molecule has 1 aromatic carbocycles. The minimum atomic E-state index is -0.502. The van der Waals surface area contributed by atoms with Gasteiger partial charge in [0.15, 0.2) is 0 Å². The molecule has 6 heteroatoms. The molecule has 1 amide bonds. The summed E-state index contributed by atoms with van der Waals surface area (Å²) in [6, 6.07) is 4.29. The highest BCUT2D eigenvalue weighted by Gasteiger charge is 2.14. The van der Waals surface area contributed by atoms with Crippen molar-refractivity contribution in [3.63, 3.8) is 0 Å². The van der Waals surface area contributed by atoms with Crippen molar-refractivity contribution in [2.24, 2.45) is 5.92 Å². The second-order valence-electron chi connectivity index (χ2n) is 4.91. The Balaban J connectivity index is 2.59. The van der Waals surface area contributed by atoms with Crippen LogP contribution in [-0.4, -0.2) is 23.3 Å². The van der Waals surface area contributed by atoms with E-state index in [1.807, 2.05) is 0 Å². The number of amides is 1. The molecule has 0 aliphatic rings. The third-order valence-corrected chi connectivity index (χ3v) is 3.63. The van der Waals surface area contributed by atoms with Crippen molar-refractivity contribution in [2.45, 2.75) is 26.7 Å². The van der Waals surface area contributed by atoms with Gasteiger partial charge in [-0.05, 0) is 31.2 Å². The van der Waals surface area contributed by atoms with Crippen molar-refractivity contribution < 1.29 is 9.72 Å². The molecule has 0 bridgehead atoms. The Morgan fingerprint density at radius 3 is 2.80 bits per heavy atom. The van der Waals surface area contributed by atoms with Crippen molar-refractivity contribution in [1.82, 2.24) is 5.32 Å². The number of benzene rings is 1. The third kappa shape index (κ3) is 4.81. The molecule has 0 saturated heterocycles. The zero-order chi connectivity index (χ0) is 15.1. The summed E-state index contributed by atoms with van der Waals surface area (Å²) in [6.45, 7) is 4.36. The number of hydrogen-bond acceptors (Lipinski definition) is 3. The normalized spacial score (nSPS) is 11.9. The van der Waals surface area contributed by atoms with Crippen LogP contribution in [0.25, 0.3) is 0 Å². The molecule has 1 N–H and O–H groups in total. The second-order valence-corrected chi connectivity index (χ2v) is 5.22. The Kier molecular flexibility index (Phi) is 6.45. The van der Waals surface area contributed by atoms with Gasteiger partial charge in [0, 0.05) is 30.1 Å². The lowest BCUT2D eigenvalue weighted by molar-refractivity contribution is -0.384. The predicted octanol–water partition coefficient (Wildman–Crippen LogP) is 3.29. The Hall–Kier alpha value is -1.62. The number of nitrogens with one attached hydrogen (secondary N) is 1. The number of nitro benzene ring substituents is 1. The Labute approximate surface area is 123 Å². The molecule has 0 heterocycles. The van der Waals surface area contributed by atoms with E-state index in [-0.39, 0.29) is 11.6 Å². The van der Waals surface area contributed by atoms with Gasteiger partial charge in [-0.1, -0.05) is 13.0 Å². The number of non-ortho nitro benzene ring substituents is 1. The highest BCUT2D eigenvalue weighted by Crippen LogP contribution is 2.17. The topological polar surface area (TPSA) is 72.2 Å². The lowest BCUT2D eigenvalue weighted by Crippen LogP contribution is -2.25. The monoisotopic (exact) mass is 298 g/mol. The SMILES string of the molecule is Cc1ccc([N+](=O)[O-])cc1C(=O)NCCCC(C)CCl. The van der Waals surface area contributed by atoms with Crippen LogP contribution in [0.1, 0.15) is 35.7 Å². The number of aryl methyl sites for hydroxylation is 1. The van der Waals surface area contributed by atoms with Crippen LogP contribution in [0.15, 0.2) is 18.2 Å². The van der Waals surface area contributed by atoms with Crippen LogP contribution in [0.3, 0.4) is 0 Å². The first-order valence-corrected chi connectivity index (χ1v) is 7.08. The van der Waals surface area contributed by atoms with Crippen molar-refractivity contribution in [3.8, 4) is 0 Å². The van der Waals surface area contributed by atoms with Crippen molar-refractivity contribution in [2.75, 3.05) is 12.4 Å². The molecule has 0 saturated carbocycles. The van der Waals surface area contributed by atoms with Gasteiger partial charge < -0.3 is 5.32 Å². The van der Waals surface area contributed by atoms with E-state index in [9.17, 15) is 14.9 Å². The van der Waals surface area contributed by atoms with Gasteiger partial charge in [-0.25, -0.2) is 0 Å². The van der Waals surface area contributed by atoms with Gasteiger partial charge in [0.25, 0.3) is 11.6 Å². The van der Waals surface area contributed by atoms with E-state index < -0.39 is 4.92 Å². The maximum atomic E-state index is 12.0. The molecular weight excluding hydrogens is 280 g/mol. The molecule has 0 fully saturated rings. The highest BCUT2D eigenvalue weighted by atomic mass is 35.5. The second kappa shape index (κ2) is 7.85. The van der Waals surface area contributed by atoms with E-state index in [0.29, 0.717) is 23.9 Å². The van der Waals surface area contributed by atoms with E-state index in [0.717, 1.165) is 18.4 Å². The molecule has 1 rings (SSSR count). The third-order valence-electron chi connectivity index (χ3n) is 3.10. The molecule has 1 atom stereocenters. The molecular formula is C14H19ClN2O3. The largest absolute Gasteiger partial charge is 0.352 e. The average Bonchev–Trinajstić information content (AvgIpc) is 2.43. The lowest BCUT2D eigenvalue weighted by Gasteiger charge is -2.09. The maximum absolute atomic E-state index is 12.0. The molecule has 0 aromatic heterocycles. The fourth-order valence-corrected chi connectivity index (χ4v) is 1.95. The number of nitro groups is 1. The molecule has 0 aliphatic carbocycles. The Morgan fingerprint density at radius 1 is 1.50 bits per heavy atom. The van der Waals surface area contributed by atoms with Crippen LogP contribution >= 0.6 is 11.6 Å². The number of carbonyl (C=O) groups excluding carboxylic acids is 1. The summed E-state index contributed by atoms with van der Waals surface area (Å²) in [5.41, 5.74) is 1.00. The van der Waals surface area contributed by atoms with Crippen LogP contribution < -0.4 is 5.32 Å².